The fourth-order valence-corrected chi connectivity index (χ4v) is 3.76. The third-order valence-corrected chi connectivity index (χ3v) is 5.36. The van der Waals surface area contributed by atoms with Crippen molar-refractivity contribution in [3.8, 4) is 0 Å². The van der Waals surface area contributed by atoms with Gasteiger partial charge in [-0.05, 0) is 28.3 Å². The molecular formula is C22H24N4O3. The van der Waals surface area contributed by atoms with Gasteiger partial charge in [0, 0.05) is 19.3 Å². The zero-order valence-electron chi connectivity index (χ0n) is 16.0. The standard InChI is InChI=1S/C22H24N4O3/c27-20-7-8-26(22(29)11-16-12-23-24-13-16)14-19(20)25-21(28)10-15-5-6-17-3-1-2-4-18(17)9-15/h1-6,9,12-13,19-20,27H,7-8,10-11,14H2,(H,23,24)(H,25,28)/t19-,20-/m1/s1. The van der Waals surface area contributed by atoms with Crippen LogP contribution in [0.5, 0.6) is 0 Å². The van der Waals surface area contributed by atoms with Crippen molar-refractivity contribution in [1.82, 2.24) is 20.4 Å². The number of amides is 2. The van der Waals surface area contributed by atoms with Crippen LogP contribution in [0.2, 0.25) is 0 Å². The summed E-state index contributed by atoms with van der Waals surface area (Å²) in [6.45, 7) is 0.788. The number of hydrogen-bond donors (Lipinski definition) is 3. The van der Waals surface area contributed by atoms with E-state index in [1.807, 2.05) is 42.5 Å². The van der Waals surface area contributed by atoms with E-state index in [4.69, 9.17) is 0 Å². The lowest BCUT2D eigenvalue weighted by Crippen LogP contribution is -2.56. The molecule has 7 nitrogen and oxygen atoms in total. The number of likely N-dealkylation sites (tertiary alicyclic amines) is 1. The Morgan fingerprint density at radius 1 is 1.14 bits per heavy atom. The van der Waals surface area contributed by atoms with Crippen LogP contribution in [0, 0.1) is 0 Å². The molecule has 0 saturated carbocycles. The number of H-pyrrole nitrogens is 1. The van der Waals surface area contributed by atoms with Gasteiger partial charge in [0.2, 0.25) is 11.8 Å². The Labute approximate surface area is 168 Å². The van der Waals surface area contributed by atoms with Crippen LogP contribution in [-0.2, 0) is 22.4 Å². The summed E-state index contributed by atoms with van der Waals surface area (Å²) in [5.74, 6) is -0.194. The van der Waals surface area contributed by atoms with Gasteiger partial charge in [0.15, 0.2) is 0 Å². The Kier molecular flexibility index (Phi) is 5.57. The van der Waals surface area contributed by atoms with E-state index in [1.54, 1.807) is 17.3 Å². The molecule has 0 aliphatic carbocycles. The van der Waals surface area contributed by atoms with Crippen LogP contribution in [0.1, 0.15) is 17.5 Å². The number of nitrogens with zero attached hydrogens (tertiary/aromatic N) is 2. The Morgan fingerprint density at radius 3 is 2.76 bits per heavy atom. The number of aromatic nitrogens is 2. The predicted molar refractivity (Wildman–Crippen MR) is 109 cm³/mol. The van der Waals surface area contributed by atoms with Gasteiger partial charge in [-0.2, -0.15) is 5.10 Å². The van der Waals surface area contributed by atoms with Crippen molar-refractivity contribution >= 4 is 22.6 Å². The number of fused-ring (bicyclic) bond motifs is 1. The lowest BCUT2D eigenvalue weighted by atomic mass is 10.0. The number of nitrogens with one attached hydrogen (secondary N) is 2. The van der Waals surface area contributed by atoms with Crippen molar-refractivity contribution in [2.45, 2.75) is 31.4 Å². The zero-order chi connectivity index (χ0) is 20.2. The van der Waals surface area contributed by atoms with E-state index in [9.17, 15) is 14.7 Å². The van der Waals surface area contributed by atoms with Crippen LogP contribution in [0.4, 0.5) is 0 Å². The van der Waals surface area contributed by atoms with E-state index in [0.29, 0.717) is 19.5 Å². The lowest BCUT2D eigenvalue weighted by Gasteiger charge is -2.36. The molecule has 29 heavy (non-hydrogen) atoms. The van der Waals surface area contributed by atoms with Crippen LogP contribution in [0.25, 0.3) is 10.8 Å². The third kappa shape index (κ3) is 4.63. The number of rotatable bonds is 5. The first-order valence-corrected chi connectivity index (χ1v) is 9.79. The second kappa shape index (κ2) is 8.45. The van der Waals surface area contributed by atoms with Gasteiger partial charge in [-0.1, -0.05) is 42.5 Å². The van der Waals surface area contributed by atoms with Crippen molar-refractivity contribution in [3.05, 3.63) is 66.0 Å². The number of aliphatic hydroxyl groups excluding tert-OH is 1. The number of hydrogen-bond acceptors (Lipinski definition) is 4. The van der Waals surface area contributed by atoms with Crippen molar-refractivity contribution in [1.29, 1.82) is 0 Å². The molecule has 1 aliphatic rings. The highest BCUT2D eigenvalue weighted by molar-refractivity contribution is 5.85. The molecule has 2 amide bonds. The predicted octanol–water partition coefficient (Wildman–Crippen LogP) is 1.43. The maximum absolute atomic E-state index is 12.6. The minimum Gasteiger partial charge on any atom is -0.391 e. The minimum atomic E-state index is -0.659. The topological polar surface area (TPSA) is 98.3 Å². The molecule has 2 aromatic carbocycles. The first-order valence-electron chi connectivity index (χ1n) is 9.79. The normalized spacial score (nSPS) is 19.3. The summed E-state index contributed by atoms with van der Waals surface area (Å²) in [6, 6.07) is 13.5. The van der Waals surface area contributed by atoms with Crippen LogP contribution in [0.3, 0.4) is 0 Å². The van der Waals surface area contributed by atoms with Crippen LogP contribution in [-0.4, -0.2) is 57.3 Å². The van der Waals surface area contributed by atoms with Crippen LogP contribution >= 0.6 is 0 Å². The Morgan fingerprint density at radius 2 is 1.97 bits per heavy atom. The molecule has 0 radical (unpaired) electrons. The van der Waals surface area contributed by atoms with Gasteiger partial charge in [-0.3, -0.25) is 14.7 Å². The highest BCUT2D eigenvalue weighted by Gasteiger charge is 2.31. The summed E-state index contributed by atoms with van der Waals surface area (Å²) in [6.07, 6.45) is 3.59. The molecule has 3 N–H and O–H groups in total. The quantitative estimate of drug-likeness (QED) is 0.612. The molecule has 2 heterocycles. The van der Waals surface area contributed by atoms with Crippen LogP contribution < -0.4 is 5.32 Å². The van der Waals surface area contributed by atoms with Gasteiger partial charge in [0.05, 0.1) is 31.2 Å². The van der Waals surface area contributed by atoms with E-state index in [2.05, 4.69) is 15.5 Å². The number of aromatic amines is 1. The molecular weight excluding hydrogens is 368 g/mol. The molecule has 0 unspecified atom stereocenters. The number of aliphatic hydroxyl groups is 1. The lowest BCUT2D eigenvalue weighted by molar-refractivity contribution is -0.135. The van der Waals surface area contributed by atoms with E-state index < -0.39 is 12.1 Å². The second-order valence-corrected chi connectivity index (χ2v) is 7.51. The SMILES string of the molecule is O=C(Cc1ccc2ccccc2c1)N[C@@H]1CN(C(=O)Cc2cn[nH]c2)CC[C@H]1O. The smallest absolute Gasteiger partial charge is 0.227 e. The second-order valence-electron chi connectivity index (χ2n) is 7.51. The van der Waals surface area contributed by atoms with Gasteiger partial charge < -0.3 is 15.3 Å². The summed E-state index contributed by atoms with van der Waals surface area (Å²) >= 11 is 0. The zero-order valence-corrected chi connectivity index (χ0v) is 16.0. The fourth-order valence-electron chi connectivity index (χ4n) is 3.76. The van der Waals surface area contributed by atoms with E-state index in [1.165, 1.54) is 0 Å². The van der Waals surface area contributed by atoms with Crippen molar-refractivity contribution in [2.75, 3.05) is 13.1 Å². The molecule has 0 bridgehead atoms. The van der Waals surface area contributed by atoms with Crippen LogP contribution in [0.15, 0.2) is 54.9 Å². The largest absolute Gasteiger partial charge is 0.391 e. The highest BCUT2D eigenvalue weighted by Crippen LogP contribution is 2.17. The van der Waals surface area contributed by atoms with Gasteiger partial charge in [0.25, 0.3) is 0 Å². The van der Waals surface area contributed by atoms with Gasteiger partial charge in [0.1, 0.15) is 0 Å². The molecule has 2 atom stereocenters. The Hall–Kier alpha value is -3.19. The first-order chi connectivity index (χ1) is 14.1. The molecule has 150 valence electrons. The third-order valence-electron chi connectivity index (χ3n) is 5.36. The molecule has 0 spiro atoms. The number of carbonyl (C=O) groups excluding carboxylic acids is 2. The van der Waals surface area contributed by atoms with Crippen molar-refractivity contribution < 1.29 is 14.7 Å². The summed E-state index contributed by atoms with van der Waals surface area (Å²) in [5.41, 5.74) is 1.73. The molecule has 1 aromatic heterocycles. The fraction of sp³-hybridized carbons (Fsp3) is 0.318. The highest BCUT2D eigenvalue weighted by atomic mass is 16.3. The van der Waals surface area contributed by atoms with Gasteiger partial charge >= 0.3 is 0 Å². The van der Waals surface area contributed by atoms with Crippen molar-refractivity contribution in [3.63, 3.8) is 0 Å². The molecule has 4 rings (SSSR count). The summed E-state index contributed by atoms with van der Waals surface area (Å²) in [5, 5.41) is 22.0. The molecule has 7 heteroatoms. The van der Waals surface area contributed by atoms with E-state index >= 15 is 0 Å². The maximum atomic E-state index is 12.6. The molecule has 1 fully saturated rings. The average molecular weight is 392 g/mol. The summed E-state index contributed by atoms with van der Waals surface area (Å²) in [4.78, 5) is 26.8. The molecule has 3 aromatic rings. The molecule has 1 aliphatic heterocycles. The summed E-state index contributed by atoms with van der Waals surface area (Å²) < 4.78 is 0. The Bertz CT molecular complexity index is 1000. The molecule has 1 saturated heterocycles. The number of benzene rings is 2. The average Bonchev–Trinajstić information content (AvgIpc) is 3.22. The van der Waals surface area contributed by atoms with E-state index in [-0.39, 0.29) is 24.7 Å². The van der Waals surface area contributed by atoms with E-state index in [0.717, 1.165) is 21.9 Å². The number of piperidine rings is 1. The van der Waals surface area contributed by atoms with Crippen molar-refractivity contribution in [2.24, 2.45) is 0 Å². The monoisotopic (exact) mass is 392 g/mol. The Balaban J connectivity index is 1.36. The number of carbonyl (C=O) groups is 2. The van der Waals surface area contributed by atoms with Gasteiger partial charge in [-0.25, -0.2) is 0 Å². The van der Waals surface area contributed by atoms with Gasteiger partial charge in [-0.15, -0.1) is 0 Å². The minimum absolute atomic E-state index is 0.0351. The summed E-state index contributed by atoms with van der Waals surface area (Å²) in [7, 11) is 0. The first kappa shape index (κ1) is 19.1. The maximum Gasteiger partial charge on any atom is 0.227 e.